The Kier molecular flexibility index (Phi) is 3.88. The molecule has 1 aliphatic rings. The Balaban J connectivity index is 1.75. The van der Waals surface area contributed by atoms with E-state index < -0.39 is 12.6 Å². The highest BCUT2D eigenvalue weighted by molar-refractivity contribution is 5.96. The highest BCUT2D eigenvalue weighted by Crippen LogP contribution is 2.42. The van der Waals surface area contributed by atoms with E-state index in [0.717, 1.165) is 27.9 Å². The van der Waals surface area contributed by atoms with Gasteiger partial charge in [-0.1, -0.05) is 24.3 Å². The van der Waals surface area contributed by atoms with Crippen molar-refractivity contribution >= 4 is 28.5 Å². The van der Waals surface area contributed by atoms with E-state index in [9.17, 15) is 9.59 Å². The normalized spacial score (nSPS) is 16.2. The zero-order chi connectivity index (χ0) is 18.3. The van der Waals surface area contributed by atoms with Crippen LogP contribution in [0, 0.1) is 6.92 Å². The van der Waals surface area contributed by atoms with Crippen LogP contribution < -0.4 is 10.1 Å². The van der Waals surface area contributed by atoms with E-state index in [4.69, 9.17) is 14.3 Å². The summed E-state index contributed by atoms with van der Waals surface area (Å²) in [6, 6.07) is 13.0. The molecule has 1 amide bonds. The number of carboxylic acids is 1. The second-order valence-corrected chi connectivity index (χ2v) is 6.32. The van der Waals surface area contributed by atoms with Gasteiger partial charge in [-0.25, -0.2) is 4.79 Å². The van der Waals surface area contributed by atoms with Crippen molar-refractivity contribution in [3.05, 3.63) is 59.4 Å². The number of benzene rings is 2. The molecule has 2 heterocycles. The van der Waals surface area contributed by atoms with Crippen LogP contribution in [0.1, 0.15) is 29.2 Å². The minimum atomic E-state index is -1.05. The number of aliphatic carboxylic acids is 1. The third-order valence-corrected chi connectivity index (χ3v) is 4.62. The number of hydrogen-bond donors (Lipinski definition) is 2. The van der Waals surface area contributed by atoms with Crippen LogP contribution in [-0.2, 0) is 9.59 Å². The van der Waals surface area contributed by atoms with Gasteiger partial charge in [-0.15, -0.1) is 0 Å². The molecule has 0 radical (unpaired) electrons. The fourth-order valence-electron chi connectivity index (χ4n) is 3.44. The summed E-state index contributed by atoms with van der Waals surface area (Å²) in [5.41, 5.74) is 3.37. The first-order valence-corrected chi connectivity index (χ1v) is 8.29. The number of anilines is 1. The largest absolute Gasteiger partial charge is 0.482 e. The van der Waals surface area contributed by atoms with Crippen LogP contribution in [0.2, 0.25) is 0 Å². The molecule has 3 aromatic rings. The molecule has 6 nitrogen and oxygen atoms in total. The van der Waals surface area contributed by atoms with Crippen LogP contribution in [0.3, 0.4) is 0 Å². The molecule has 2 aromatic carbocycles. The molecule has 0 saturated carbocycles. The number of ether oxygens (including phenoxy) is 1. The molecule has 6 heteroatoms. The van der Waals surface area contributed by atoms with Crippen LogP contribution in [0.15, 0.2) is 46.9 Å². The maximum Gasteiger partial charge on any atom is 0.341 e. The molecule has 0 unspecified atom stereocenters. The van der Waals surface area contributed by atoms with Crippen LogP contribution >= 0.6 is 0 Å². The van der Waals surface area contributed by atoms with Crippen molar-refractivity contribution in [2.45, 2.75) is 19.3 Å². The number of furan rings is 1. The number of carbonyl (C=O) groups is 2. The fourth-order valence-corrected chi connectivity index (χ4v) is 3.44. The van der Waals surface area contributed by atoms with Gasteiger partial charge in [0.05, 0.1) is 5.92 Å². The number of para-hydroxylation sites is 1. The second-order valence-electron chi connectivity index (χ2n) is 6.32. The lowest BCUT2D eigenvalue weighted by molar-refractivity contribution is -0.139. The fraction of sp³-hybridized carbons (Fsp3) is 0.200. The van der Waals surface area contributed by atoms with Gasteiger partial charge < -0.3 is 19.6 Å². The lowest BCUT2D eigenvalue weighted by Gasteiger charge is -2.25. The van der Waals surface area contributed by atoms with Crippen molar-refractivity contribution in [1.29, 1.82) is 0 Å². The van der Waals surface area contributed by atoms with E-state index in [0.29, 0.717) is 17.9 Å². The maximum absolute atomic E-state index is 12.2. The van der Waals surface area contributed by atoms with Crippen molar-refractivity contribution in [2.75, 3.05) is 11.9 Å². The summed E-state index contributed by atoms with van der Waals surface area (Å²) in [4.78, 5) is 22.9. The van der Waals surface area contributed by atoms with Crippen molar-refractivity contribution in [3.8, 4) is 5.75 Å². The van der Waals surface area contributed by atoms with Gasteiger partial charge in [0.25, 0.3) is 0 Å². The number of nitrogens with one attached hydrogen (secondary N) is 1. The minimum absolute atomic E-state index is 0.113. The van der Waals surface area contributed by atoms with Gasteiger partial charge in [-0.05, 0) is 30.2 Å². The zero-order valence-electron chi connectivity index (χ0n) is 14.1. The number of hydrogen-bond acceptors (Lipinski definition) is 4. The van der Waals surface area contributed by atoms with Gasteiger partial charge in [0.2, 0.25) is 5.91 Å². The van der Waals surface area contributed by atoms with E-state index in [2.05, 4.69) is 5.32 Å². The third-order valence-electron chi connectivity index (χ3n) is 4.62. The topological polar surface area (TPSA) is 88.8 Å². The summed E-state index contributed by atoms with van der Waals surface area (Å²) in [5, 5.41) is 12.6. The van der Waals surface area contributed by atoms with Gasteiger partial charge in [-0.2, -0.15) is 0 Å². The highest BCUT2D eigenvalue weighted by Gasteiger charge is 2.31. The molecule has 1 atom stereocenters. The first-order chi connectivity index (χ1) is 12.5. The molecule has 0 saturated heterocycles. The summed E-state index contributed by atoms with van der Waals surface area (Å²) < 4.78 is 11.3. The van der Waals surface area contributed by atoms with E-state index in [1.807, 2.05) is 37.3 Å². The molecular formula is C20H17NO5. The lowest BCUT2D eigenvalue weighted by atomic mass is 9.86. The molecule has 0 fully saturated rings. The Bertz CT molecular complexity index is 1020. The summed E-state index contributed by atoms with van der Waals surface area (Å²) in [6.07, 6.45) is 0.295. The molecule has 4 rings (SSSR count). The first-order valence-electron chi connectivity index (χ1n) is 8.29. The monoisotopic (exact) mass is 351 g/mol. The number of carboxylic acid groups (broad SMARTS) is 1. The van der Waals surface area contributed by atoms with Crippen molar-refractivity contribution in [2.24, 2.45) is 0 Å². The second kappa shape index (κ2) is 6.22. The van der Waals surface area contributed by atoms with E-state index in [1.54, 1.807) is 12.1 Å². The van der Waals surface area contributed by atoms with Gasteiger partial charge in [0, 0.05) is 23.6 Å². The van der Waals surface area contributed by atoms with E-state index in [-0.39, 0.29) is 11.8 Å². The highest BCUT2D eigenvalue weighted by atomic mass is 16.5. The molecule has 1 aliphatic heterocycles. The quantitative estimate of drug-likeness (QED) is 0.748. The van der Waals surface area contributed by atoms with Crippen LogP contribution in [-0.4, -0.2) is 23.6 Å². The number of aryl methyl sites for hydroxylation is 1. The SMILES string of the molecule is Cc1c([C@@H]2CC(=O)Nc3cc(OCC(=O)O)ccc32)oc2ccccc12. The Hall–Kier alpha value is -3.28. The Labute approximate surface area is 149 Å². The molecule has 1 aromatic heterocycles. The van der Waals surface area contributed by atoms with Crippen LogP contribution in [0.5, 0.6) is 5.75 Å². The molecule has 2 N–H and O–H groups in total. The molecule has 0 bridgehead atoms. The Morgan fingerprint density at radius 1 is 1.31 bits per heavy atom. The van der Waals surface area contributed by atoms with Crippen LogP contribution in [0.4, 0.5) is 5.69 Å². The summed E-state index contributed by atoms with van der Waals surface area (Å²) >= 11 is 0. The van der Waals surface area contributed by atoms with Gasteiger partial charge in [-0.3, -0.25) is 4.79 Å². The average Bonchev–Trinajstić information content (AvgIpc) is 2.96. The Morgan fingerprint density at radius 3 is 2.88 bits per heavy atom. The maximum atomic E-state index is 12.2. The minimum Gasteiger partial charge on any atom is -0.482 e. The predicted molar refractivity (Wildman–Crippen MR) is 95.6 cm³/mol. The zero-order valence-corrected chi connectivity index (χ0v) is 14.1. The lowest BCUT2D eigenvalue weighted by Crippen LogP contribution is -2.23. The van der Waals surface area contributed by atoms with Crippen molar-refractivity contribution in [3.63, 3.8) is 0 Å². The number of carbonyl (C=O) groups excluding carboxylic acids is 1. The molecular weight excluding hydrogens is 334 g/mol. The number of amides is 1. The summed E-state index contributed by atoms with van der Waals surface area (Å²) in [6.45, 7) is 1.57. The summed E-state index contributed by atoms with van der Waals surface area (Å²) in [7, 11) is 0. The average molecular weight is 351 g/mol. The molecule has 132 valence electrons. The third kappa shape index (κ3) is 2.79. The first kappa shape index (κ1) is 16.2. The van der Waals surface area contributed by atoms with Crippen molar-refractivity contribution < 1.29 is 23.8 Å². The van der Waals surface area contributed by atoms with Gasteiger partial charge >= 0.3 is 5.97 Å². The Morgan fingerprint density at radius 2 is 2.12 bits per heavy atom. The van der Waals surface area contributed by atoms with Gasteiger partial charge in [0.1, 0.15) is 17.1 Å². The van der Waals surface area contributed by atoms with E-state index >= 15 is 0 Å². The molecule has 0 spiro atoms. The van der Waals surface area contributed by atoms with Gasteiger partial charge in [0.15, 0.2) is 6.61 Å². The molecule has 0 aliphatic carbocycles. The smallest absolute Gasteiger partial charge is 0.341 e. The number of rotatable bonds is 4. The van der Waals surface area contributed by atoms with Crippen LogP contribution in [0.25, 0.3) is 11.0 Å². The van der Waals surface area contributed by atoms with E-state index in [1.165, 1.54) is 0 Å². The number of fused-ring (bicyclic) bond motifs is 2. The summed E-state index contributed by atoms with van der Waals surface area (Å²) in [5.74, 6) is -0.185. The van der Waals surface area contributed by atoms with Crippen molar-refractivity contribution in [1.82, 2.24) is 0 Å². The standard InChI is InChI=1S/C20H17NO5/c1-11-13-4-2-3-5-17(13)26-20(11)15-9-18(22)21-16-8-12(6-7-14(15)16)25-10-19(23)24/h2-8,15H,9-10H2,1H3,(H,21,22)(H,23,24)/t15-/m1/s1. The molecule has 26 heavy (non-hydrogen) atoms. The predicted octanol–water partition coefficient (Wildman–Crippen LogP) is 3.68.